The number of halogens is 1. The second kappa shape index (κ2) is 6.24. The number of rotatable bonds is 2. The minimum atomic E-state index is -3.37. The summed E-state index contributed by atoms with van der Waals surface area (Å²) in [6.45, 7) is 3.13. The van der Waals surface area contributed by atoms with Gasteiger partial charge < -0.3 is 5.73 Å². The summed E-state index contributed by atoms with van der Waals surface area (Å²) in [5.41, 5.74) is 7.14. The summed E-state index contributed by atoms with van der Waals surface area (Å²) in [6, 6.07) is 7.31. The lowest BCUT2D eigenvalue weighted by atomic mass is 9.78. The summed E-state index contributed by atoms with van der Waals surface area (Å²) in [7, 11) is -3.37. The molecule has 1 heterocycles. The van der Waals surface area contributed by atoms with Gasteiger partial charge in [0.05, 0.1) is 4.90 Å². The fraction of sp³-hybridized carbons (Fsp3) is 0.600. The van der Waals surface area contributed by atoms with Crippen molar-refractivity contribution in [1.82, 2.24) is 4.31 Å². The van der Waals surface area contributed by atoms with Crippen LogP contribution in [0.15, 0.2) is 29.2 Å². The third kappa shape index (κ3) is 3.11. The largest absolute Gasteiger partial charge is 0.327 e. The molecule has 118 valence electrons. The summed E-state index contributed by atoms with van der Waals surface area (Å²) < 4.78 is 27.1. The summed E-state index contributed by atoms with van der Waals surface area (Å²) in [4.78, 5) is 0.407. The first kappa shape index (κ1) is 16.7. The molecule has 2 fully saturated rings. The molecule has 21 heavy (non-hydrogen) atoms. The van der Waals surface area contributed by atoms with Gasteiger partial charge in [0.1, 0.15) is 0 Å². The fourth-order valence-electron chi connectivity index (χ4n) is 3.60. The van der Waals surface area contributed by atoms with E-state index in [0.29, 0.717) is 29.8 Å². The van der Waals surface area contributed by atoms with Gasteiger partial charge in [-0.2, -0.15) is 4.31 Å². The Hall–Kier alpha value is -0.620. The minimum absolute atomic E-state index is 0. The van der Waals surface area contributed by atoms with Gasteiger partial charge in [0, 0.05) is 19.1 Å². The molecule has 3 rings (SSSR count). The Morgan fingerprint density at radius 3 is 2.67 bits per heavy atom. The lowest BCUT2D eigenvalue weighted by Gasteiger charge is -2.29. The van der Waals surface area contributed by atoms with E-state index in [-0.39, 0.29) is 18.4 Å². The second-order valence-electron chi connectivity index (χ2n) is 6.16. The Labute approximate surface area is 133 Å². The maximum Gasteiger partial charge on any atom is 0.243 e. The molecule has 0 spiro atoms. The van der Waals surface area contributed by atoms with E-state index in [1.807, 2.05) is 13.0 Å². The van der Waals surface area contributed by atoms with Crippen LogP contribution in [0.4, 0.5) is 0 Å². The van der Waals surface area contributed by atoms with Crippen molar-refractivity contribution >= 4 is 22.4 Å². The number of hydrogen-bond donors (Lipinski definition) is 1. The van der Waals surface area contributed by atoms with E-state index in [9.17, 15) is 8.42 Å². The van der Waals surface area contributed by atoms with Gasteiger partial charge in [-0.25, -0.2) is 8.42 Å². The summed E-state index contributed by atoms with van der Waals surface area (Å²) in [5.74, 6) is 0.779. The predicted molar refractivity (Wildman–Crippen MR) is 86.0 cm³/mol. The molecule has 0 amide bonds. The molecule has 2 N–H and O–H groups in total. The molecule has 0 aromatic heterocycles. The van der Waals surface area contributed by atoms with Crippen molar-refractivity contribution in [2.24, 2.45) is 17.6 Å². The lowest BCUT2D eigenvalue weighted by Crippen LogP contribution is -2.38. The van der Waals surface area contributed by atoms with Crippen LogP contribution in [0.5, 0.6) is 0 Å². The molecule has 1 aromatic rings. The highest BCUT2D eigenvalue weighted by molar-refractivity contribution is 7.89. The van der Waals surface area contributed by atoms with Crippen molar-refractivity contribution in [3.63, 3.8) is 0 Å². The fourth-order valence-corrected chi connectivity index (χ4v) is 5.24. The van der Waals surface area contributed by atoms with Gasteiger partial charge in [0.15, 0.2) is 0 Å². The van der Waals surface area contributed by atoms with Gasteiger partial charge in [-0.1, -0.05) is 18.6 Å². The standard InChI is InChI=1S/C15H22N2O2S.ClH/c1-11-4-2-6-13(8-11)20(18,19)17-9-12-5-3-7-15(16)14(12)10-17;/h2,4,6,8,12,14-15H,3,5,7,9-10,16H2,1H3;1H. The van der Waals surface area contributed by atoms with Gasteiger partial charge in [-0.15, -0.1) is 12.4 Å². The van der Waals surface area contributed by atoms with E-state index in [4.69, 9.17) is 5.73 Å². The number of sulfonamides is 1. The molecule has 0 radical (unpaired) electrons. The van der Waals surface area contributed by atoms with Crippen molar-refractivity contribution < 1.29 is 8.42 Å². The smallest absolute Gasteiger partial charge is 0.243 e. The SMILES string of the molecule is Cc1cccc(S(=O)(=O)N2CC3CCCC(N)C3C2)c1.Cl. The van der Waals surface area contributed by atoms with E-state index in [1.54, 1.807) is 22.5 Å². The normalized spacial score (nSPS) is 29.7. The summed E-state index contributed by atoms with van der Waals surface area (Å²) >= 11 is 0. The topological polar surface area (TPSA) is 63.4 Å². The molecule has 1 aliphatic heterocycles. The third-order valence-electron chi connectivity index (χ3n) is 4.75. The van der Waals surface area contributed by atoms with Crippen LogP contribution in [-0.4, -0.2) is 31.9 Å². The maximum atomic E-state index is 12.7. The molecular weight excluding hydrogens is 308 g/mol. The van der Waals surface area contributed by atoms with Crippen LogP contribution >= 0.6 is 12.4 Å². The zero-order chi connectivity index (χ0) is 14.3. The average molecular weight is 331 g/mol. The number of nitrogens with zero attached hydrogens (tertiary/aromatic N) is 1. The molecule has 1 saturated heterocycles. The number of benzene rings is 1. The van der Waals surface area contributed by atoms with Crippen LogP contribution in [0.1, 0.15) is 24.8 Å². The van der Waals surface area contributed by atoms with Gasteiger partial charge in [0.25, 0.3) is 0 Å². The molecule has 1 saturated carbocycles. The van der Waals surface area contributed by atoms with Gasteiger partial charge >= 0.3 is 0 Å². The van der Waals surface area contributed by atoms with Gasteiger partial charge in [0.2, 0.25) is 10.0 Å². The van der Waals surface area contributed by atoms with Crippen molar-refractivity contribution in [2.45, 2.75) is 37.1 Å². The Balaban J connectivity index is 0.00000161. The van der Waals surface area contributed by atoms with Crippen LogP contribution in [0.2, 0.25) is 0 Å². The zero-order valence-corrected chi connectivity index (χ0v) is 13.9. The molecule has 1 aliphatic carbocycles. The Bertz CT molecular complexity index is 605. The summed E-state index contributed by atoms with van der Waals surface area (Å²) in [5, 5.41) is 0. The summed E-state index contributed by atoms with van der Waals surface area (Å²) in [6.07, 6.45) is 3.26. The number of hydrogen-bond acceptors (Lipinski definition) is 3. The molecule has 2 aliphatic rings. The molecule has 3 atom stereocenters. The third-order valence-corrected chi connectivity index (χ3v) is 6.58. The average Bonchev–Trinajstić information content (AvgIpc) is 2.85. The minimum Gasteiger partial charge on any atom is -0.327 e. The van der Waals surface area contributed by atoms with Gasteiger partial charge in [-0.3, -0.25) is 0 Å². The van der Waals surface area contributed by atoms with E-state index in [0.717, 1.165) is 24.8 Å². The van der Waals surface area contributed by atoms with Crippen LogP contribution in [-0.2, 0) is 10.0 Å². The van der Waals surface area contributed by atoms with Crippen LogP contribution in [0, 0.1) is 18.8 Å². The van der Waals surface area contributed by atoms with Gasteiger partial charge in [-0.05, 0) is 49.3 Å². The van der Waals surface area contributed by atoms with Crippen LogP contribution in [0.3, 0.4) is 0 Å². The predicted octanol–water partition coefficient (Wildman–Crippen LogP) is 2.16. The molecule has 3 unspecified atom stereocenters. The molecule has 6 heteroatoms. The quantitative estimate of drug-likeness (QED) is 0.903. The van der Waals surface area contributed by atoms with Crippen molar-refractivity contribution in [1.29, 1.82) is 0 Å². The monoisotopic (exact) mass is 330 g/mol. The maximum absolute atomic E-state index is 12.7. The first-order valence-corrected chi connectivity index (χ1v) is 8.75. The highest BCUT2D eigenvalue weighted by Crippen LogP contribution is 2.37. The van der Waals surface area contributed by atoms with E-state index in [1.165, 1.54) is 0 Å². The first-order valence-electron chi connectivity index (χ1n) is 7.31. The number of nitrogens with two attached hydrogens (primary N) is 1. The van der Waals surface area contributed by atoms with E-state index < -0.39 is 10.0 Å². The van der Waals surface area contributed by atoms with Crippen molar-refractivity contribution in [3.8, 4) is 0 Å². The van der Waals surface area contributed by atoms with Crippen LogP contribution < -0.4 is 5.73 Å². The Kier molecular flexibility index (Phi) is 4.98. The van der Waals surface area contributed by atoms with E-state index >= 15 is 0 Å². The molecule has 1 aromatic carbocycles. The number of aryl methyl sites for hydroxylation is 1. The molecular formula is C15H23ClN2O2S. The molecule has 0 bridgehead atoms. The highest BCUT2D eigenvalue weighted by Gasteiger charge is 2.43. The second-order valence-corrected chi connectivity index (χ2v) is 8.10. The lowest BCUT2D eigenvalue weighted by molar-refractivity contribution is 0.260. The van der Waals surface area contributed by atoms with Crippen molar-refractivity contribution in [3.05, 3.63) is 29.8 Å². The molecule has 4 nitrogen and oxygen atoms in total. The Morgan fingerprint density at radius 2 is 2.00 bits per heavy atom. The van der Waals surface area contributed by atoms with Crippen LogP contribution in [0.25, 0.3) is 0 Å². The van der Waals surface area contributed by atoms with Crippen molar-refractivity contribution in [2.75, 3.05) is 13.1 Å². The zero-order valence-electron chi connectivity index (χ0n) is 12.2. The highest BCUT2D eigenvalue weighted by atomic mass is 35.5. The number of fused-ring (bicyclic) bond motifs is 1. The van der Waals surface area contributed by atoms with E-state index in [2.05, 4.69) is 0 Å². The Morgan fingerprint density at radius 1 is 1.24 bits per heavy atom. The first-order chi connectivity index (χ1) is 9.48.